The van der Waals surface area contributed by atoms with E-state index in [-0.39, 0.29) is 90.8 Å². The van der Waals surface area contributed by atoms with Crippen molar-refractivity contribution in [1.29, 1.82) is 0 Å². The van der Waals surface area contributed by atoms with Crippen LogP contribution in [0.1, 0.15) is 140 Å². The van der Waals surface area contributed by atoms with E-state index in [4.69, 9.17) is 19.3 Å². The number of hydrogen-bond acceptors (Lipinski definition) is 18. The highest BCUT2D eigenvalue weighted by molar-refractivity contribution is 6.31. The molecule has 2 fully saturated rings. The summed E-state index contributed by atoms with van der Waals surface area (Å²) in [5.41, 5.74) is -3.35. The second-order valence-electron chi connectivity index (χ2n) is 23.2. The fourth-order valence-electron chi connectivity index (χ4n) is 11.6. The molecule has 6 amide bonds. The van der Waals surface area contributed by atoms with Gasteiger partial charge in [0.25, 0.3) is 0 Å². The number of carboxylic acids is 1. The van der Waals surface area contributed by atoms with Crippen LogP contribution in [0.4, 0.5) is 0 Å². The first kappa shape index (κ1) is 64.7. The number of methoxy groups -OCH3 is 1. The molecule has 0 bridgehead atoms. The lowest BCUT2D eigenvalue weighted by Crippen LogP contribution is -2.60. The van der Waals surface area contributed by atoms with Crippen LogP contribution in [0, 0.1) is 11.8 Å². The van der Waals surface area contributed by atoms with Crippen molar-refractivity contribution in [2.45, 2.75) is 160 Å². The second-order valence-corrected chi connectivity index (χ2v) is 23.2. The molecule has 2 heterocycles. The first-order chi connectivity index (χ1) is 40.1. The van der Waals surface area contributed by atoms with E-state index in [0.717, 1.165) is 0 Å². The van der Waals surface area contributed by atoms with Crippen LogP contribution in [0.15, 0.2) is 42.5 Å². The number of ether oxygens (including phenoxy) is 3. The average Bonchev–Trinajstić information content (AvgIpc) is 1.11. The van der Waals surface area contributed by atoms with Crippen molar-refractivity contribution < 1.29 is 92.8 Å². The summed E-state index contributed by atoms with van der Waals surface area (Å²) < 4.78 is 17.7. The molecule has 7 rings (SSSR count). The number of phenols is 2. The number of benzene rings is 3. The third kappa shape index (κ3) is 14.3. The van der Waals surface area contributed by atoms with E-state index < -0.39 is 162 Å². The first-order valence-electron chi connectivity index (χ1n) is 28.3. The van der Waals surface area contributed by atoms with Crippen molar-refractivity contribution >= 4 is 58.8 Å². The topological polar surface area (TPSA) is 374 Å². The molecule has 10 atom stereocenters. The van der Waals surface area contributed by atoms with Crippen molar-refractivity contribution in [3.8, 4) is 17.2 Å². The fourth-order valence-corrected chi connectivity index (χ4v) is 11.6. The Morgan fingerprint density at radius 1 is 0.847 bits per heavy atom. The molecule has 0 spiro atoms. The third-order valence-corrected chi connectivity index (χ3v) is 16.1. The predicted octanol–water partition coefficient (Wildman–Crippen LogP) is 1.04. The molecule has 3 aromatic carbocycles. The molecule has 3 aromatic rings. The lowest BCUT2D eigenvalue weighted by atomic mass is 9.72. The van der Waals surface area contributed by atoms with Gasteiger partial charge in [0.05, 0.1) is 61.4 Å². The molecule has 0 radical (unpaired) electrons. The molecule has 25 heteroatoms. The molecule has 85 heavy (non-hydrogen) atoms. The normalized spacial score (nSPS) is 22.7. The number of hydrogen-bond donors (Lipinski definition) is 10. The number of likely N-dealkylation sites (tertiary alicyclic amines) is 1. The minimum absolute atomic E-state index is 0.0127. The zero-order valence-corrected chi connectivity index (χ0v) is 48.8. The minimum Gasteiger partial charge on any atom is -0.507 e. The maximum atomic E-state index is 14.3. The van der Waals surface area contributed by atoms with E-state index in [1.807, 2.05) is 27.7 Å². The molecular formula is C60H76N6O19. The molecule has 4 aliphatic rings. The highest BCUT2D eigenvalue weighted by Gasteiger charge is 2.51. The van der Waals surface area contributed by atoms with Gasteiger partial charge < -0.3 is 75.9 Å². The van der Waals surface area contributed by atoms with Crippen LogP contribution in [0.3, 0.4) is 0 Å². The van der Waals surface area contributed by atoms with Gasteiger partial charge in [-0.3, -0.25) is 47.9 Å². The number of carbonyl (C=O) groups is 10. The lowest BCUT2D eigenvalue weighted by molar-refractivity contribution is -0.249. The van der Waals surface area contributed by atoms with E-state index in [0.29, 0.717) is 17.5 Å². The molecule has 2 saturated heterocycles. The summed E-state index contributed by atoms with van der Waals surface area (Å²) in [4.78, 5) is 137. The number of carbonyl (C=O) groups excluding carboxylic acids is 9. The third-order valence-electron chi connectivity index (χ3n) is 16.1. The molecule has 10 N–H and O–H groups in total. The number of likely N-dealkylation sites (N-methyl/N-ethyl adjacent to an activating group) is 1. The van der Waals surface area contributed by atoms with Gasteiger partial charge in [0.1, 0.15) is 59.7 Å². The summed E-state index contributed by atoms with van der Waals surface area (Å²) >= 11 is 0. The number of aliphatic hydroxyl groups is 3. The Hall–Kier alpha value is -7.84. The molecule has 2 aliphatic heterocycles. The number of rotatable bonds is 23. The van der Waals surface area contributed by atoms with Gasteiger partial charge in [-0.1, -0.05) is 64.1 Å². The smallest absolute Gasteiger partial charge is 0.307 e. The molecule has 460 valence electrons. The van der Waals surface area contributed by atoms with E-state index in [1.165, 1.54) is 56.0 Å². The Labute approximate surface area is 490 Å². The van der Waals surface area contributed by atoms with Crippen LogP contribution in [0.2, 0.25) is 0 Å². The molecule has 0 unspecified atom stereocenters. The monoisotopic (exact) mass is 1180 g/mol. The molecule has 0 aromatic heterocycles. The molecular weight excluding hydrogens is 1110 g/mol. The predicted molar refractivity (Wildman–Crippen MR) is 300 cm³/mol. The standard InChI is InChI=1S/C60H76N6O19/c1-28(2)19-37(64-58(80)38-12-10-18-66(38)44(70)26-61-56(78)30(5)62-59(81)39(20-29(3)4)65(7)43(69)21-32-14-16-33(17-15-32)22-45(71)72)57(79)63-36-23-46(84-31(6)51(36)73)85-41-25-60(82,42(68)27-67)24-35-48(41)55(77)50-49(53(35)75)52(74)34-11-9-13-40(83-8)47(34)54(50)76/h9,11,13-17,28-31,36-39,41,46,51,67,73,75,77,82H,10,12,18-27H2,1-8H3,(H,61,78)(H,62,81)(H,63,79)(H,64,80)(H,71,72)/t30-,31-,36-,37-,38-,39-,41-,46+,51+,60-/m0/s1. The zero-order chi connectivity index (χ0) is 62.5. The summed E-state index contributed by atoms with van der Waals surface area (Å²) in [7, 11) is 2.76. The summed E-state index contributed by atoms with van der Waals surface area (Å²) in [6.07, 6.45) is -6.41. The number of nitrogens with one attached hydrogen (secondary N) is 4. The van der Waals surface area contributed by atoms with Gasteiger partial charge >= 0.3 is 5.97 Å². The summed E-state index contributed by atoms with van der Waals surface area (Å²) in [5, 5.41) is 76.7. The van der Waals surface area contributed by atoms with Gasteiger partial charge in [0.15, 0.2) is 17.9 Å². The maximum Gasteiger partial charge on any atom is 0.307 e. The second kappa shape index (κ2) is 27.0. The number of Topliss-reactive ketones (excluding diaryl/α,β-unsaturated/α-hetero) is 1. The summed E-state index contributed by atoms with van der Waals surface area (Å²) in [5.74, 6) is -9.35. The Kier molecular flexibility index (Phi) is 20.6. The fraction of sp³-hybridized carbons (Fsp3) is 0.533. The average molecular weight is 1190 g/mol. The summed E-state index contributed by atoms with van der Waals surface area (Å²) in [6.45, 7) is 8.70. The molecule has 25 nitrogen and oxygen atoms in total. The van der Waals surface area contributed by atoms with Gasteiger partial charge in [0.2, 0.25) is 41.2 Å². The van der Waals surface area contributed by atoms with Gasteiger partial charge in [0, 0.05) is 49.5 Å². The van der Waals surface area contributed by atoms with Crippen LogP contribution in [-0.4, -0.2) is 187 Å². The number of fused-ring (bicyclic) bond motifs is 3. The number of phenolic OH excluding ortho intramolecular Hbond substituents is 2. The van der Waals surface area contributed by atoms with Crippen molar-refractivity contribution in [2.75, 3.05) is 33.9 Å². The number of aromatic hydroxyl groups is 2. The van der Waals surface area contributed by atoms with Crippen molar-refractivity contribution in [2.24, 2.45) is 11.8 Å². The highest BCUT2D eigenvalue weighted by atomic mass is 16.7. The van der Waals surface area contributed by atoms with E-state index in [9.17, 15) is 73.5 Å². The number of ketones is 3. The van der Waals surface area contributed by atoms with E-state index in [2.05, 4.69) is 21.3 Å². The van der Waals surface area contributed by atoms with Crippen molar-refractivity contribution in [3.63, 3.8) is 0 Å². The quantitative estimate of drug-likeness (QED) is 0.0464. The van der Waals surface area contributed by atoms with Crippen LogP contribution in [-0.2, 0) is 67.1 Å². The SMILES string of the molecule is COc1cccc2c1C(=O)c1c(O)c3c(c(O)c1C2=O)C[C@@](O)(C(=O)CO)C[C@@H]3O[C@@H]1C[C@H](NC(=O)[C@H](CC(C)C)NC(=O)[C@@H]2CCCN2C(=O)CNC(=O)[C@H](C)NC(=O)[C@H](CC(C)C)N(C)C(=O)Cc2ccc(CC(=O)O)cc2)[C@H](O)[C@H](C)O1. The largest absolute Gasteiger partial charge is 0.507 e. The van der Waals surface area contributed by atoms with Crippen molar-refractivity contribution in [1.82, 2.24) is 31.1 Å². The number of aliphatic carboxylic acids is 1. The Balaban J connectivity index is 0.991. The van der Waals surface area contributed by atoms with E-state index >= 15 is 0 Å². The summed E-state index contributed by atoms with van der Waals surface area (Å²) in [6, 6.07) is 5.20. The van der Waals surface area contributed by atoms with Crippen LogP contribution >= 0.6 is 0 Å². The van der Waals surface area contributed by atoms with Crippen molar-refractivity contribution in [3.05, 3.63) is 87.0 Å². The van der Waals surface area contributed by atoms with Gasteiger partial charge in [-0.25, -0.2) is 0 Å². The van der Waals surface area contributed by atoms with E-state index in [1.54, 1.807) is 24.3 Å². The first-order valence-corrected chi connectivity index (χ1v) is 28.3. The van der Waals surface area contributed by atoms with Gasteiger partial charge in [-0.05, 0) is 68.6 Å². The van der Waals surface area contributed by atoms with Crippen LogP contribution in [0.5, 0.6) is 17.2 Å². The minimum atomic E-state index is -2.44. The number of carboxylic acid groups (broad SMARTS) is 1. The van der Waals surface area contributed by atoms with Gasteiger partial charge in [-0.2, -0.15) is 0 Å². The molecule has 0 saturated carbocycles. The Bertz CT molecular complexity index is 3110. The number of nitrogens with zero attached hydrogens (tertiary/aromatic N) is 2. The van der Waals surface area contributed by atoms with Crippen LogP contribution in [0.25, 0.3) is 0 Å². The van der Waals surface area contributed by atoms with Gasteiger partial charge in [-0.15, -0.1) is 0 Å². The highest BCUT2D eigenvalue weighted by Crippen LogP contribution is 2.52. The molecule has 2 aliphatic carbocycles. The Morgan fingerprint density at radius 3 is 2.12 bits per heavy atom. The zero-order valence-electron chi connectivity index (χ0n) is 48.8. The Morgan fingerprint density at radius 2 is 1.49 bits per heavy atom. The number of aliphatic hydroxyl groups excluding tert-OH is 2. The lowest BCUT2D eigenvalue weighted by Gasteiger charge is -2.43. The maximum absolute atomic E-state index is 14.3. The van der Waals surface area contributed by atoms with Crippen LogP contribution < -0.4 is 26.0 Å². The number of amides is 6.